The Morgan fingerprint density at radius 3 is 2.36 bits per heavy atom. The molecular weight excluding hydrogens is 473 g/mol. The van der Waals surface area contributed by atoms with E-state index in [1.807, 2.05) is 0 Å². The molecule has 2 heterocycles. The van der Waals surface area contributed by atoms with Crippen molar-refractivity contribution in [1.82, 2.24) is 19.7 Å². The molecule has 2 aromatic heterocycles. The predicted molar refractivity (Wildman–Crippen MR) is 122 cm³/mol. The van der Waals surface area contributed by atoms with E-state index in [4.69, 9.17) is 20.8 Å². The summed E-state index contributed by atoms with van der Waals surface area (Å²) in [6, 6.07) is 6.87. The lowest BCUT2D eigenvalue weighted by Gasteiger charge is -2.35. The fraction of sp³-hybridized carbons (Fsp3) is 0.409. The summed E-state index contributed by atoms with van der Waals surface area (Å²) < 4.78 is 52.8. The van der Waals surface area contributed by atoms with Gasteiger partial charge in [-0.15, -0.1) is 5.10 Å². The molecule has 33 heavy (non-hydrogen) atoms. The molecular formula is C22H26ClF3N4O2Si. The number of hydrogen-bond acceptors (Lipinski definition) is 5. The average molecular weight is 499 g/mol. The quantitative estimate of drug-likeness (QED) is 0.351. The van der Waals surface area contributed by atoms with Gasteiger partial charge in [-0.2, -0.15) is 13.2 Å². The van der Waals surface area contributed by atoms with E-state index in [1.165, 1.54) is 29.3 Å². The van der Waals surface area contributed by atoms with Crippen LogP contribution < -0.4 is 4.74 Å². The predicted octanol–water partition coefficient (Wildman–Crippen LogP) is 6.44. The summed E-state index contributed by atoms with van der Waals surface area (Å²) in [7, 11) is -1.92. The highest BCUT2D eigenvalue weighted by molar-refractivity contribution is 6.74. The second kappa shape index (κ2) is 9.44. The van der Waals surface area contributed by atoms with E-state index < -0.39 is 20.1 Å². The molecule has 3 rings (SSSR count). The van der Waals surface area contributed by atoms with Gasteiger partial charge in [-0.3, -0.25) is 0 Å². The van der Waals surface area contributed by atoms with Crippen LogP contribution in [0, 0.1) is 0 Å². The molecule has 6 nitrogen and oxygen atoms in total. The Morgan fingerprint density at radius 1 is 1.03 bits per heavy atom. The Morgan fingerprint density at radius 2 is 1.76 bits per heavy atom. The molecule has 0 atom stereocenters. The van der Waals surface area contributed by atoms with Crippen LogP contribution in [0.25, 0.3) is 5.82 Å². The second-order valence-corrected chi connectivity index (χ2v) is 14.3. The topological polar surface area (TPSA) is 62.1 Å². The molecule has 178 valence electrons. The van der Waals surface area contributed by atoms with E-state index in [1.54, 1.807) is 12.1 Å². The molecule has 11 heteroatoms. The number of pyridine rings is 1. The molecule has 0 saturated heterocycles. The molecule has 0 aliphatic rings. The van der Waals surface area contributed by atoms with Crippen molar-refractivity contribution in [2.45, 2.75) is 58.3 Å². The minimum absolute atomic E-state index is 0.00975. The van der Waals surface area contributed by atoms with E-state index in [0.29, 0.717) is 24.0 Å². The standard InChI is InChI=1S/C22H26ClF3N4O2Si/c1-21(2,3)33(4,5)32-13-19-28-14-30(29-19)20-10-9-15(11-27-20)31-12-16-17(22(24,25)26)7-6-8-18(16)23/h6-11,14H,12-13H2,1-5H3. The number of aromatic nitrogens is 4. The lowest BCUT2D eigenvalue weighted by atomic mass is 10.1. The zero-order valence-electron chi connectivity index (χ0n) is 19.1. The van der Waals surface area contributed by atoms with Crippen LogP contribution in [0.2, 0.25) is 23.2 Å². The van der Waals surface area contributed by atoms with Crippen LogP contribution in [0.4, 0.5) is 13.2 Å². The molecule has 0 amide bonds. The Labute approximate surface area is 196 Å². The number of alkyl halides is 3. The number of halogens is 4. The summed E-state index contributed by atoms with van der Waals surface area (Å²) in [5.74, 6) is 1.33. The average Bonchev–Trinajstić information content (AvgIpc) is 3.19. The highest BCUT2D eigenvalue weighted by Gasteiger charge is 2.37. The Kier molecular flexibility index (Phi) is 7.20. The number of ether oxygens (including phenoxy) is 1. The molecule has 0 fully saturated rings. The first kappa shape index (κ1) is 25.2. The smallest absolute Gasteiger partial charge is 0.416 e. The van der Waals surface area contributed by atoms with Gasteiger partial charge in [-0.1, -0.05) is 38.4 Å². The third-order valence-corrected chi connectivity index (χ3v) is 10.5. The van der Waals surface area contributed by atoms with Gasteiger partial charge in [0.2, 0.25) is 0 Å². The molecule has 0 N–H and O–H groups in total. The highest BCUT2D eigenvalue weighted by atomic mass is 35.5. The van der Waals surface area contributed by atoms with Gasteiger partial charge in [0.15, 0.2) is 20.0 Å². The zero-order valence-corrected chi connectivity index (χ0v) is 20.8. The highest BCUT2D eigenvalue weighted by Crippen LogP contribution is 2.37. The van der Waals surface area contributed by atoms with Gasteiger partial charge < -0.3 is 9.16 Å². The fourth-order valence-electron chi connectivity index (χ4n) is 2.66. The van der Waals surface area contributed by atoms with Gasteiger partial charge in [0, 0.05) is 10.6 Å². The van der Waals surface area contributed by atoms with E-state index in [0.717, 1.165) is 6.07 Å². The number of benzene rings is 1. The second-order valence-electron chi connectivity index (χ2n) is 9.06. The molecule has 0 spiro atoms. The minimum atomic E-state index is -4.52. The van der Waals surface area contributed by atoms with Gasteiger partial charge in [-0.05, 0) is 42.4 Å². The molecule has 0 saturated carbocycles. The van der Waals surface area contributed by atoms with Crippen molar-refractivity contribution in [3.8, 4) is 11.6 Å². The van der Waals surface area contributed by atoms with Crippen molar-refractivity contribution in [2.75, 3.05) is 0 Å². The SMILES string of the molecule is CC(C)(C)[Si](C)(C)OCc1ncn(-c2ccc(OCc3c(Cl)cccc3C(F)(F)F)cn2)n1. The molecule has 0 radical (unpaired) electrons. The Balaban J connectivity index is 1.65. The maximum absolute atomic E-state index is 13.2. The summed E-state index contributed by atoms with van der Waals surface area (Å²) in [5, 5.41) is 4.47. The van der Waals surface area contributed by atoms with E-state index in [9.17, 15) is 13.2 Å². The monoisotopic (exact) mass is 498 g/mol. The van der Waals surface area contributed by atoms with Crippen molar-refractivity contribution < 1.29 is 22.3 Å². The van der Waals surface area contributed by atoms with Crippen LogP contribution in [0.1, 0.15) is 37.7 Å². The van der Waals surface area contributed by atoms with Crippen LogP contribution in [-0.4, -0.2) is 28.1 Å². The first-order valence-electron chi connectivity index (χ1n) is 10.3. The first-order valence-corrected chi connectivity index (χ1v) is 13.5. The summed E-state index contributed by atoms with van der Waals surface area (Å²) in [6.07, 6.45) is -1.58. The maximum Gasteiger partial charge on any atom is 0.416 e. The van der Waals surface area contributed by atoms with Crippen molar-refractivity contribution >= 4 is 19.9 Å². The number of rotatable bonds is 7. The van der Waals surface area contributed by atoms with Gasteiger partial charge in [-0.25, -0.2) is 14.6 Å². The van der Waals surface area contributed by atoms with Crippen LogP contribution in [0.3, 0.4) is 0 Å². The molecule has 3 aromatic rings. The zero-order chi connectivity index (χ0) is 24.4. The van der Waals surface area contributed by atoms with Crippen LogP contribution >= 0.6 is 11.6 Å². The fourth-order valence-corrected chi connectivity index (χ4v) is 3.81. The van der Waals surface area contributed by atoms with Crippen molar-refractivity contribution in [3.63, 3.8) is 0 Å². The lowest BCUT2D eigenvalue weighted by molar-refractivity contribution is -0.138. The number of nitrogens with zero attached hydrogens (tertiary/aromatic N) is 4. The van der Waals surface area contributed by atoms with Crippen molar-refractivity contribution in [3.05, 3.63) is 64.8 Å². The Hall–Kier alpha value is -2.43. The van der Waals surface area contributed by atoms with Gasteiger partial charge in [0.25, 0.3) is 0 Å². The normalized spacial score (nSPS) is 12.8. The van der Waals surface area contributed by atoms with Gasteiger partial charge in [0.1, 0.15) is 18.7 Å². The third-order valence-electron chi connectivity index (χ3n) is 5.67. The summed E-state index contributed by atoms with van der Waals surface area (Å²) in [5.41, 5.74) is -0.951. The first-order chi connectivity index (χ1) is 15.3. The van der Waals surface area contributed by atoms with Crippen molar-refractivity contribution in [1.29, 1.82) is 0 Å². The van der Waals surface area contributed by atoms with E-state index in [-0.39, 0.29) is 22.2 Å². The van der Waals surface area contributed by atoms with Crippen LogP contribution in [-0.2, 0) is 23.8 Å². The molecule has 0 bridgehead atoms. The van der Waals surface area contributed by atoms with Crippen LogP contribution in [0.15, 0.2) is 42.9 Å². The minimum Gasteiger partial charge on any atom is -0.487 e. The lowest BCUT2D eigenvalue weighted by Crippen LogP contribution is -2.40. The maximum atomic E-state index is 13.2. The van der Waals surface area contributed by atoms with E-state index in [2.05, 4.69) is 48.9 Å². The number of hydrogen-bond donors (Lipinski definition) is 0. The largest absolute Gasteiger partial charge is 0.487 e. The van der Waals surface area contributed by atoms with Gasteiger partial charge in [0.05, 0.1) is 18.4 Å². The van der Waals surface area contributed by atoms with Gasteiger partial charge >= 0.3 is 6.18 Å². The summed E-state index contributed by atoms with van der Waals surface area (Å²) in [6.45, 7) is 10.8. The van der Waals surface area contributed by atoms with Crippen LogP contribution in [0.5, 0.6) is 5.75 Å². The molecule has 0 unspecified atom stereocenters. The molecule has 1 aromatic carbocycles. The summed E-state index contributed by atoms with van der Waals surface area (Å²) in [4.78, 5) is 8.54. The Bertz CT molecular complexity index is 1100. The third kappa shape index (κ3) is 6.13. The summed E-state index contributed by atoms with van der Waals surface area (Å²) >= 11 is 5.97. The molecule has 0 aliphatic heterocycles. The molecule has 0 aliphatic carbocycles. The van der Waals surface area contributed by atoms with Crippen molar-refractivity contribution in [2.24, 2.45) is 0 Å². The van der Waals surface area contributed by atoms with E-state index >= 15 is 0 Å².